The van der Waals surface area contributed by atoms with Gasteiger partial charge in [0, 0.05) is 62.8 Å². The van der Waals surface area contributed by atoms with E-state index in [2.05, 4.69) is 46.8 Å². The molecule has 2 aromatic rings. The first-order valence-electron chi connectivity index (χ1n) is 14.6. The fraction of sp³-hybridized carbons (Fsp3) is 0.613. The molecule has 2 N–H and O–H groups in total. The predicted molar refractivity (Wildman–Crippen MR) is 152 cm³/mol. The molecule has 3 saturated heterocycles. The lowest BCUT2D eigenvalue weighted by molar-refractivity contribution is -0.0533. The molecule has 0 aliphatic carbocycles. The van der Waals surface area contributed by atoms with Crippen molar-refractivity contribution in [3.63, 3.8) is 0 Å². The van der Waals surface area contributed by atoms with E-state index in [0.717, 1.165) is 75.2 Å². The van der Waals surface area contributed by atoms with E-state index in [1.54, 1.807) is 13.3 Å². The number of pyridine rings is 1. The van der Waals surface area contributed by atoms with E-state index < -0.39 is 0 Å². The molecular formula is C31H44N4O4. The Morgan fingerprint density at radius 1 is 1.08 bits per heavy atom. The quantitative estimate of drug-likeness (QED) is 0.517. The maximum atomic E-state index is 13.5. The van der Waals surface area contributed by atoms with Gasteiger partial charge in [-0.1, -0.05) is 29.8 Å². The van der Waals surface area contributed by atoms with Crippen molar-refractivity contribution in [2.24, 2.45) is 0 Å². The number of likely N-dealkylation sites (tertiary alicyclic amines) is 1. The first kappa shape index (κ1) is 28.0. The van der Waals surface area contributed by atoms with Crippen LogP contribution in [0.4, 0.5) is 5.82 Å². The van der Waals surface area contributed by atoms with Crippen molar-refractivity contribution in [1.29, 1.82) is 0 Å². The van der Waals surface area contributed by atoms with Crippen molar-refractivity contribution in [3.05, 3.63) is 58.8 Å². The number of carbonyl (C=O) groups is 1. The van der Waals surface area contributed by atoms with Crippen LogP contribution in [0.3, 0.4) is 0 Å². The SMILES string of the molecule is CO[C@@H]1COCC[C@@H]1NC1CCN(C(=O)c2ccnc(NCC3CCC[C@@H](c4ccc(C)cc4)O3)c2C)CC1. The minimum Gasteiger partial charge on any atom is -0.379 e. The molecule has 1 amide bonds. The number of amides is 1. The van der Waals surface area contributed by atoms with Gasteiger partial charge in [0.15, 0.2) is 0 Å². The van der Waals surface area contributed by atoms with Crippen molar-refractivity contribution in [1.82, 2.24) is 15.2 Å². The Morgan fingerprint density at radius 3 is 2.64 bits per heavy atom. The maximum absolute atomic E-state index is 13.5. The van der Waals surface area contributed by atoms with Crippen LogP contribution in [-0.4, -0.2) is 80.0 Å². The molecule has 0 bridgehead atoms. The van der Waals surface area contributed by atoms with Gasteiger partial charge in [-0.3, -0.25) is 4.79 Å². The molecule has 212 valence electrons. The van der Waals surface area contributed by atoms with Crippen LogP contribution >= 0.6 is 0 Å². The lowest BCUT2D eigenvalue weighted by atomic mass is 9.97. The zero-order valence-electron chi connectivity index (χ0n) is 23.7. The number of aryl methyl sites for hydroxylation is 1. The Bertz CT molecular complexity index is 1090. The molecule has 4 atom stereocenters. The number of methoxy groups -OCH3 is 1. The zero-order chi connectivity index (χ0) is 27.2. The van der Waals surface area contributed by atoms with Gasteiger partial charge in [-0.25, -0.2) is 4.98 Å². The summed E-state index contributed by atoms with van der Waals surface area (Å²) < 4.78 is 17.6. The third-order valence-corrected chi connectivity index (χ3v) is 8.57. The van der Waals surface area contributed by atoms with Crippen molar-refractivity contribution < 1.29 is 19.0 Å². The zero-order valence-corrected chi connectivity index (χ0v) is 23.7. The number of anilines is 1. The van der Waals surface area contributed by atoms with Gasteiger partial charge >= 0.3 is 0 Å². The molecule has 3 fully saturated rings. The van der Waals surface area contributed by atoms with Gasteiger partial charge in [-0.05, 0) is 64.0 Å². The summed E-state index contributed by atoms with van der Waals surface area (Å²) in [5, 5.41) is 7.25. The van der Waals surface area contributed by atoms with Crippen LogP contribution < -0.4 is 10.6 Å². The van der Waals surface area contributed by atoms with Crippen LogP contribution in [0.1, 0.15) is 71.7 Å². The second-order valence-corrected chi connectivity index (χ2v) is 11.3. The molecule has 0 spiro atoms. The average Bonchev–Trinajstić information content (AvgIpc) is 2.97. The average molecular weight is 537 g/mol. The highest BCUT2D eigenvalue weighted by Crippen LogP contribution is 2.32. The van der Waals surface area contributed by atoms with E-state index in [9.17, 15) is 4.79 Å². The summed E-state index contributed by atoms with van der Waals surface area (Å²) in [6.07, 6.45) is 8.14. The second-order valence-electron chi connectivity index (χ2n) is 11.3. The first-order valence-corrected chi connectivity index (χ1v) is 14.6. The Kier molecular flexibility index (Phi) is 9.50. The molecule has 1 aromatic carbocycles. The molecule has 3 aliphatic rings. The molecule has 4 heterocycles. The topological polar surface area (TPSA) is 85.0 Å². The van der Waals surface area contributed by atoms with E-state index in [1.165, 1.54) is 11.1 Å². The summed E-state index contributed by atoms with van der Waals surface area (Å²) in [6, 6.07) is 11.2. The molecule has 8 nitrogen and oxygen atoms in total. The van der Waals surface area contributed by atoms with Crippen LogP contribution in [0.15, 0.2) is 36.5 Å². The van der Waals surface area contributed by atoms with E-state index in [0.29, 0.717) is 25.2 Å². The lowest BCUT2D eigenvalue weighted by Crippen LogP contribution is -2.54. The third kappa shape index (κ3) is 6.98. The number of hydrogen-bond donors (Lipinski definition) is 2. The Balaban J connectivity index is 1.13. The Labute approximate surface area is 232 Å². The summed E-state index contributed by atoms with van der Waals surface area (Å²) in [5.41, 5.74) is 4.14. The van der Waals surface area contributed by atoms with Crippen LogP contribution in [0.2, 0.25) is 0 Å². The first-order chi connectivity index (χ1) is 19.0. The minimum atomic E-state index is 0.0885. The number of ether oxygens (including phenoxy) is 3. The summed E-state index contributed by atoms with van der Waals surface area (Å²) >= 11 is 0. The number of nitrogens with one attached hydrogen (secondary N) is 2. The molecule has 0 saturated carbocycles. The molecule has 5 rings (SSSR count). The Morgan fingerprint density at radius 2 is 1.87 bits per heavy atom. The van der Waals surface area contributed by atoms with Crippen LogP contribution in [-0.2, 0) is 14.2 Å². The predicted octanol–water partition coefficient (Wildman–Crippen LogP) is 4.42. The van der Waals surface area contributed by atoms with Crippen molar-refractivity contribution >= 4 is 11.7 Å². The monoisotopic (exact) mass is 536 g/mol. The van der Waals surface area contributed by atoms with Gasteiger partial charge < -0.3 is 29.7 Å². The number of piperidine rings is 1. The largest absolute Gasteiger partial charge is 0.379 e. The molecule has 39 heavy (non-hydrogen) atoms. The summed E-state index contributed by atoms with van der Waals surface area (Å²) in [4.78, 5) is 20.0. The standard InChI is InChI=1S/C31H44N4O4/c1-21-7-9-23(10-8-21)28-6-4-5-25(39-28)19-33-30-22(2)26(11-15-32-30)31(36)35-16-12-24(13-17-35)34-27-14-18-38-20-29(27)37-3/h7-11,15,24-25,27-29,34H,4-6,12-14,16-20H2,1-3H3,(H,32,33)/t25?,27-,28-,29+/m0/s1. The van der Waals surface area contributed by atoms with Gasteiger partial charge in [0.05, 0.1) is 24.9 Å². The van der Waals surface area contributed by atoms with Gasteiger partial charge in [-0.15, -0.1) is 0 Å². The number of rotatable bonds is 8. The number of hydrogen-bond acceptors (Lipinski definition) is 7. The number of carbonyl (C=O) groups excluding carboxylic acids is 1. The van der Waals surface area contributed by atoms with Crippen LogP contribution in [0.25, 0.3) is 0 Å². The summed E-state index contributed by atoms with van der Waals surface area (Å²) in [5.74, 6) is 0.856. The number of benzene rings is 1. The van der Waals surface area contributed by atoms with Gasteiger partial charge in [0.2, 0.25) is 0 Å². The maximum Gasteiger partial charge on any atom is 0.254 e. The second kappa shape index (κ2) is 13.2. The highest BCUT2D eigenvalue weighted by Gasteiger charge is 2.31. The van der Waals surface area contributed by atoms with Crippen molar-refractivity contribution in [3.8, 4) is 0 Å². The molecule has 1 unspecified atom stereocenters. The van der Waals surface area contributed by atoms with Gasteiger partial charge in [0.25, 0.3) is 5.91 Å². The summed E-state index contributed by atoms with van der Waals surface area (Å²) in [6.45, 7) is 7.69. The lowest BCUT2D eigenvalue weighted by Gasteiger charge is -2.38. The normalized spacial score (nSPS) is 26.4. The van der Waals surface area contributed by atoms with Crippen LogP contribution in [0.5, 0.6) is 0 Å². The molecule has 3 aliphatic heterocycles. The third-order valence-electron chi connectivity index (χ3n) is 8.57. The van der Waals surface area contributed by atoms with E-state index in [4.69, 9.17) is 14.2 Å². The molecular weight excluding hydrogens is 492 g/mol. The van der Waals surface area contributed by atoms with Crippen molar-refractivity contribution in [2.45, 2.75) is 82.8 Å². The fourth-order valence-corrected chi connectivity index (χ4v) is 6.09. The van der Waals surface area contributed by atoms with E-state index in [-0.39, 0.29) is 24.2 Å². The minimum absolute atomic E-state index is 0.0885. The van der Waals surface area contributed by atoms with Crippen LogP contribution in [0, 0.1) is 13.8 Å². The van der Waals surface area contributed by atoms with Gasteiger partial charge in [-0.2, -0.15) is 0 Å². The smallest absolute Gasteiger partial charge is 0.254 e. The van der Waals surface area contributed by atoms with E-state index >= 15 is 0 Å². The van der Waals surface area contributed by atoms with E-state index in [1.807, 2.05) is 17.9 Å². The van der Waals surface area contributed by atoms with Crippen molar-refractivity contribution in [2.75, 3.05) is 45.3 Å². The Hall–Kier alpha value is -2.52. The number of aromatic nitrogens is 1. The number of nitrogens with zero attached hydrogens (tertiary/aromatic N) is 2. The fourth-order valence-electron chi connectivity index (χ4n) is 6.09. The molecule has 1 aromatic heterocycles. The highest BCUT2D eigenvalue weighted by atomic mass is 16.5. The highest BCUT2D eigenvalue weighted by molar-refractivity contribution is 5.96. The molecule has 0 radical (unpaired) electrons. The summed E-state index contributed by atoms with van der Waals surface area (Å²) in [7, 11) is 1.75. The molecule has 8 heteroatoms. The van der Waals surface area contributed by atoms with Gasteiger partial charge in [0.1, 0.15) is 5.82 Å².